The summed E-state index contributed by atoms with van der Waals surface area (Å²) in [5.41, 5.74) is 0.893. The van der Waals surface area contributed by atoms with Crippen LogP contribution in [0.4, 0.5) is 5.69 Å². The van der Waals surface area contributed by atoms with E-state index in [1.165, 1.54) is 11.3 Å². The number of likely N-dealkylation sites (tertiary alicyclic amines) is 1. The molecule has 1 saturated carbocycles. The molecule has 0 radical (unpaired) electrons. The highest BCUT2D eigenvalue weighted by atomic mass is 32.1. The van der Waals surface area contributed by atoms with Gasteiger partial charge in [0, 0.05) is 16.8 Å². The monoisotopic (exact) mass is 554 g/mol. The fourth-order valence-corrected chi connectivity index (χ4v) is 6.37. The van der Waals surface area contributed by atoms with Crippen LogP contribution in [-0.2, 0) is 19.1 Å². The van der Waals surface area contributed by atoms with E-state index in [0.29, 0.717) is 16.5 Å². The molecule has 1 saturated heterocycles. The minimum absolute atomic E-state index is 0.0107. The number of nitrogens with zero attached hydrogens (tertiary/aromatic N) is 2. The summed E-state index contributed by atoms with van der Waals surface area (Å²) in [6.07, 6.45) is 5.54. The second kappa shape index (κ2) is 12.6. The number of hydrogen-bond donors (Lipinski definition) is 0. The van der Waals surface area contributed by atoms with Crippen molar-refractivity contribution < 1.29 is 23.9 Å². The van der Waals surface area contributed by atoms with Crippen LogP contribution in [0.2, 0.25) is 0 Å². The van der Waals surface area contributed by atoms with Gasteiger partial charge in [0.05, 0.1) is 11.1 Å². The zero-order valence-electron chi connectivity index (χ0n) is 23.9. The van der Waals surface area contributed by atoms with Crippen LogP contribution in [0.1, 0.15) is 75.9 Å². The third-order valence-electron chi connectivity index (χ3n) is 7.86. The number of amides is 1. The van der Waals surface area contributed by atoms with Crippen LogP contribution >= 0.6 is 11.3 Å². The van der Waals surface area contributed by atoms with E-state index in [2.05, 4.69) is 18.9 Å². The SMILES string of the molecule is CC1CCC(C(=O)N(c2cc(-c3ccccc3)sc2C(=O)OCOC(=O)C(C)(C)C)C2CCN(C)CC2)CC1. The number of hydrogen-bond acceptors (Lipinski definition) is 7. The lowest BCUT2D eigenvalue weighted by Crippen LogP contribution is -2.49. The largest absolute Gasteiger partial charge is 0.427 e. The summed E-state index contributed by atoms with van der Waals surface area (Å²) < 4.78 is 10.7. The molecule has 1 aliphatic carbocycles. The second-order valence-electron chi connectivity index (χ2n) is 12.1. The molecule has 8 heteroatoms. The topological polar surface area (TPSA) is 76.1 Å². The Bertz CT molecular complexity index is 1140. The van der Waals surface area contributed by atoms with Gasteiger partial charge in [0.1, 0.15) is 4.88 Å². The molecule has 0 spiro atoms. The number of carbonyl (C=O) groups excluding carboxylic acids is 3. The molecule has 2 heterocycles. The number of rotatable bonds is 7. The molecule has 1 aromatic heterocycles. The van der Waals surface area contributed by atoms with E-state index in [1.807, 2.05) is 41.3 Å². The summed E-state index contributed by atoms with van der Waals surface area (Å²) in [5.74, 6) is -0.319. The molecular weight excluding hydrogens is 512 g/mol. The van der Waals surface area contributed by atoms with Crippen molar-refractivity contribution in [2.45, 2.75) is 72.3 Å². The zero-order valence-corrected chi connectivity index (χ0v) is 24.7. The van der Waals surface area contributed by atoms with Gasteiger partial charge in [-0.3, -0.25) is 9.59 Å². The molecule has 39 heavy (non-hydrogen) atoms. The average molecular weight is 555 g/mol. The van der Waals surface area contributed by atoms with E-state index in [0.717, 1.165) is 62.1 Å². The van der Waals surface area contributed by atoms with Gasteiger partial charge in [-0.05, 0) is 97.0 Å². The van der Waals surface area contributed by atoms with Gasteiger partial charge in [-0.1, -0.05) is 37.3 Å². The van der Waals surface area contributed by atoms with Crippen molar-refractivity contribution in [1.82, 2.24) is 4.90 Å². The highest BCUT2D eigenvalue weighted by molar-refractivity contribution is 7.18. The maximum Gasteiger partial charge on any atom is 0.353 e. The molecule has 7 nitrogen and oxygen atoms in total. The number of thiophene rings is 1. The first-order valence-corrected chi connectivity index (χ1v) is 14.9. The van der Waals surface area contributed by atoms with Crippen LogP contribution in [0.5, 0.6) is 0 Å². The molecule has 1 aliphatic heterocycles. The second-order valence-corrected chi connectivity index (χ2v) is 13.2. The van der Waals surface area contributed by atoms with Gasteiger partial charge in [0.25, 0.3) is 0 Å². The standard InChI is InChI=1S/C31H42N2O5S/c1-21-11-13-23(14-12-21)28(34)33(24-15-17-32(5)18-16-24)25-19-26(22-9-7-6-8-10-22)39-27(25)29(35)37-20-38-30(36)31(2,3)4/h6-10,19,21,23-24H,11-18,20H2,1-5H3. The Kier molecular flexibility index (Phi) is 9.49. The lowest BCUT2D eigenvalue weighted by Gasteiger charge is -2.40. The van der Waals surface area contributed by atoms with Crippen molar-refractivity contribution in [3.63, 3.8) is 0 Å². The van der Waals surface area contributed by atoms with E-state index in [4.69, 9.17) is 9.47 Å². The molecule has 1 aromatic carbocycles. The minimum atomic E-state index is -0.699. The summed E-state index contributed by atoms with van der Waals surface area (Å²) in [6, 6.07) is 11.9. The summed E-state index contributed by atoms with van der Waals surface area (Å²) >= 11 is 1.32. The molecule has 0 bridgehead atoms. The Morgan fingerprint density at radius 2 is 1.62 bits per heavy atom. The Hall–Kier alpha value is -2.71. The smallest absolute Gasteiger partial charge is 0.353 e. The first-order chi connectivity index (χ1) is 18.5. The highest BCUT2D eigenvalue weighted by Crippen LogP contribution is 2.41. The summed E-state index contributed by atoms with van der Waals surface area (Å²) in [6.45, 7) is 8.83. The van der Waals surface area contributed by atoms with E-state index in [9.17, 15) is 14.4 Å². The molecule has 2 fully saturated rings. The van der Waals surface area contributed by atoms with Crippen LogP contribution in [0.15, 0.2) is 36.4 Å². The third-order valence-corrected chi connectivity index (χ3v) is 9.02. The van der Waals surface area contributed by atoms with Crippen molar-refractivity contribution in [1.29, 1.82) is 0 Å². The molecule has 0 unspecified atom stereocenters. The maximum absolute atomic E-state index is 14.2. The normalized spacial score (nSPS) is 20.8. The number of anilines is 1. The van der Waals surface area contributed by atoms with E-state index in [1.54, 1.807) is 20.8 Å². The van der Waals surface area contributed by atoms with E-state index < -0.39 is 24.1 Å². The van der Waals surface area contributed by atoms with E-state index >= 15 is 0 Å². The number of benzene rings is 1. The number of esters is 2. The quantitative estimate of drug-likeness (QED) is 0.292. The highest BCUT2D eigenvalue weighted by Gasteiger charge is 2.37. The Morgan fingerprint density at radius 1 is 0.974 bits per heavy atom. The fourth-order valence-electron chi connectivity index (χ4n) is 5.32. The molecule has 2 aliphatic rings. The first-order valence-electron chi connectivity index (χ1n) is 14.1. The predicted molar refractivity (Wildman–Crippen MR) is 155 cm³/mol. The lowest BCUT2D eigenvalue weighted by atomic mass is 9.82. The van der Waals surface area contributed by atoms with Gasteiger partial charge in [0.15, 0.2) is 0 Å². The van der Waals surface area contributed by atoms with Crippen molar-refractivity contribution >= 4 is 34.9 Å². The van der Waals surface area contributed by atoms with Crippen molar-refractivity contribution in [3.05, 3.63) is 41.3 Å². The van der Waals surface area contributed by atoms with Gasteiger partial charge in [0.2, 0.25) is 12.7 Å². The van der Waals surface area contributed by atoms with Gasteiger partial charge in [-0.2, -0.15) is 0 Å². The van der Waals surface area contributed by atoms with Crippen LogP contribution in [-0.4, -0.2) is 55.7 Å². The van der Waals surface area contributed by atoms with Crippen molar-refractivity contribution in [3.8, 4) is 10.4 Å². The molecule has 0 atom stereocenters. The van der Waals surface area contributed by atoms with Crippen LogP contribution in [0, 0.1) is 17.3 Å². The first kappa shape index (κ1) is 29.3. The fraction of sp³-hybridized carbons (Fsp3) is 0.581. The molecule has 2 aromatic rings. The van der Waals surface area contributed by atoms with Gasteiger partial charge >= 0.3 is 11.9 Å². The molecule has 0 N–H and O–H groups in total. The molecule has 212 valence electrons. The third kappa shape index (κ3) is 7.28. The summed E-state index contributed by atoms with van der Waals surface area (Å²) in [7, 11) is 2.10. The minimum Gasteiger partial charge on any atom is -0.427 e. The molecule has 1 amide bonds. The predicted octanol–water partition coefficient (Wildman–Crippen LogP) is 6.37. The Morgan fingerprint density at radius 3 is 2.23 bits per heavy atom. The average Bonchev–Trinajstić information content (AvgIpc) is 3.35. The Labute approximate surface area is 236 Å². The van der Waals surface area contributed by atoms with Crippen LogP contribution in [0.3, 0.4) is 0 Å². The molecular formula is C31H42N2O5S. The lowest BCUT2D eigenvalue weighted by molar-refractivity contribution is -0.161. The van der Waals surface area contributed by atoms with Gasteiger partial charge < -0.3 is 19.3 Å². The molecule has 4 rings (SSSR count). The number of piperidine rings is 1. The van der Waals surface area contributed by atoms with E-state index in [-0.39, 0.29) is 17.9 Å². The van der Waals surface area contributed by atoms with Crippen molar-refractivity contribution in [2.75, 3.05) is 31.8 Å². The van der Waals surface area contributed by atoms with Gasteiger partial charge in [-0.25, -0.2) is 4.79 Å². The van der Waals surface area contributed by atoms with Crippen molar-refractivity contribution in [2.24, 2.45) is 17.3 Å². The number of carbonyl (C=O) groups is 3. The number of ether oxygens (including phenoxy) is 2. The summed E-state index contributed by atoms with van der Waals surface area (Å²) in [4.78, 5) is 45.4. The Balaban J connectivity index is 1.68. The van der Waals surface area contributed by atoms with Crippen LogP contribution in [0.25, 0.3) is 10.4 Å². The maximum atomic E-state index is 14.2. The summed E-state index contributed by atoms with van der Waals surface area (Å²) in [5, 5.41) is 0. The van der Waals surface area contributed by atoms with Gasteiger partial charge in [-0.15, -0.1) is 11.3 Å². The zero-order chi connectivity index (χ0) is 28.2. The van der Waals surface area contributed by atoms with Crippen LogP contribution < -0.4 is 4.90 Å².